The third-order valence-electron chi connectivity index (χ3n) is 10.8. The summed E-state index contributed by atoms with van der Waals surface area (Å²) in [5, 5.41) is 0. The van der Waals surface area contributed by atoms with E-state index in [1.165, 1.54) is 11.1 Å². The van der Waals surface area contributed by atoms with E-state index in [1.807, 2.05) is 60.9 Å². The monoisotopic (exact) mass is 804 g/mol. The van der Waals surface area contributed by atoms with Crippen molar-refractivity contribution in [3.05, 3.63) is 193 Å². The van der Waals surface area contributed by atoms with E-state index in [9.17, 15) is 0 Å². The minimum atomic E-state index is 0.798. The van der Waals surface area contributed by atoms with Crippen LogP contribution >= 0.6 is 0 Å². The van der Waals surface area contributed by atoms with Gasteiger partial charge in [-0.15, -0.1) is 0 Å². The van der Waals surface area contributed by atoms with Gasteiger partial charge in [0.05, 0.1) is 28.4 Å². The highest BCUT2D eigenvalue weighted by Crippen LogP contribution is 2.44. The number of methoxy groups -OCH3 is 4. The van der Waals surface area contributed by atoms with Gasteiger partial charge < -0.3 is 33.6 Å². The lowest BCUT2D eigenvalue weighted by atomic mass is 9.97. The molecular formula is C53H48N4O4. The molecule has 61 heavy (non-hydrogen) atoms. The predicted octanol–water partition coefficient (Wildman–Crippen LogP) is 13.8. The van der Waals surface area contributed by atoms with Crippen molar-refractivity contribution >= 4 is 51.2 Å². The van der Waals surface area contributed by atoms with E-state index in [-0.39, 0.29) is 0 Å². The second-order valence-corrected chi connectivity index (χ2v) is 14.5. The first-order valence-electron chi connectivity index (χ1n) is 20.1. The Hall–Kier alpha value is -7.71. The number of hydrogen-bond acceptors (Lipinski definition) is 8. The third kappa shape index (κ3) is 8.56. The number of anilines is 9. The van der Waals surface area contributed by atoms with E-state index in [4.69, 9.17) is 18.9 Å². The first kappa shape index (κ1) is 40.1. The summed E-state index contributed by atoms with van der Waals surface area (Å²) < 4.78 is 22.0. The Balaban J connectivity index is 1.23. The molecule has 0 saturated carbocycles. The lowest BCUT2D eigenvalue weighted by Crippen LogP contribution is -2.14. The van der Waals surface area contributed by atoms with E-state index < -0.39 is 0 Å². The van der Waals surface area contributed by atoms with Crippen LogP contribution in [0.4, 0.5) is 51.2 Å². The number of nitrogens with zero attached hydrogens (tertiary/aromatic N) is 4. The Kier molecular flexibility index (Phi) is 11.9. The van der Waals surface area contributed by atoms with E-state index >= 15 is 0 Å². The number of hydrogen-bond donors (Lipinski definition) is 0. The molecule has 0 saturated heterocycles. The van der Waals surface area contributed by atoms with Crippen molar-refractivity contribution in [2.24, 2.45) is 0 Å². The minimum absolute atomic E-state index is 0.798. The van der Waals surface area contributed by atoms with Crippen molar-refractivity contribution < 1.29 is 18.9 Å². The number of aromatic nitrogens is 1. The Morgan fingerprint density at radius 2 is 0.607 bits per heavy atom. The van der Waals surface area contributed by atoms with Crippen molar-refractivity contribution in [2.45, 2.75) is 13.8 Å². The molecule has 0 N–H and O–H groups in total. The summed E-state index contributed by atoms with van der Waals surface area (Å²) in [6.07, 6.45) is 3.69. The van der Waals surface area contributed by atoms with Crippen LogP contribution in [0.25, 0.3) is 11.1 Å². The Bertz CT molecular complexity index is 2430. The molecule has 0 aliphatic carbocycles. The van der Waals surface area contributed by atoms with Crippen molar-refractivity contribution in [3.8, 4) is 34.1 Å². The highest BCUT2D eigenvalue weighted by Gasteiger charge is 2.21. The van der Waals surface area contributed by atoms with E-state index in [2.05, 4.69) is 155 Å². The second-order valence-electron chi connectivity index (χ2n) is 14.5. The van der Waals surface area contributed by atoms with Crippen LogP contribution in [0.1, 0.15) is 11.1 Å². The summed E-state index contributed by atoms with van der Waals surface area (Å²) >= 11 is 0. The predicted molar refractivity (Wildman–Crippen MR) is 249 cm³/mol. The first-order chi connectivity index (χ1) is 29.9. The van der Waals surface area contributed by atoms with Crippen LogP contribution in [0.2, 0.25) is 0 Å². The molecule has 0 atom stereocenters. The largest absolute Gasteiger partial charge is 0.497 e. The maximum Gasteiger partial charge on any atom is 0.119 e. The van der Waals surface area contributed by atoms with E-state index in [1.54, 1.807) is 28.4 Å². The van der Waals surface area contributed by atoms with Gasteiger partial charge in [-0.2, -0.15) is 0 Å². The van der Waals surface area contributed by atoms with Gasteiger partial charge in [0, 0.05) is 63.6 Å². The van der Waals surface area contributed by atoms with Crippen LogP contribution in [-0.4, -0.2) is 33.4 Å². The van der Waals surface area contributed by atoms with Gasteiger partial charge in [-0.3, -0.25) is 4.98 Å². The molecule has 8 nitrogen and oxygen atoms in total. The molecule has 0 fully saturated rings. The third-order valence-corrected chi connectivity index (χ3v) is 10.8. The van der Waals surface area contributed by atoms with Gasteiger partial charge in [0.15, 0.2) is 0 Å². The summed E-state index contributed by atoms with van der Waals surface area (Å²) in [4.78, 5) is 11.1. The van der Waals surface area contributed by atoms with Gasteiger partial charge in [0.25, 0.3) is 0 Å². The molecule has 1 heterocycles. The Labute approximate surface area is 358 Å². The fourth-order valence-corrected chi connectivity index (χ4v) is 7.63. The lowest BCUT2D eigenvalue weighted by molar-refractivity contribution is 0.414. The zero-order valence-electron chi connectivity index (χ0n) is 35.2. The van der Waals surface area contributed by atoms with Gasteiger partial charge in [0.1, 0.15) is 23.0 Å². The van der Waals surface area contributed by atoms with Crippen LogP contribution in [0.3, 0.4) is 0 Å². The molecule has 0 radical (unpaired) electrons. The molecule has 0 aliphatic rings. The van der Waals surface area contributed by atoms with E-state index in [0.29, 0.717) is 0 Å². The van der Waals surface area contributed by atoms with E-state index in [0.717, 1.165) is 85.3 Å². The normalized spacial score (nSPS) is 10.8. The van der Waals surface area contributed by atoms with Crippen molar-refractivity contribution in [1.29, 1.82) is 0 Å². The SMILES string of the molecule is COc1ccc(N(c2ccc(OC)cc2)c2ccc(N(c3ccc(N(c4ccc(OC)cc4)c4ccc(OC)cc4)cc3)c3cc(C)c(-c4ccncc4)cc3C)cc2)cc1. The summed E-state index contributed by atoms with van der Waals surface area (Å²) in [7, 11) is 6.73. The molecule has 8 rings (SSSR count). The van der Waals surface area contributed by atoms with Crippen LogP contribution in [-0.2, 0) is 0 Å². The number of ether oxygens (including phenoxy) is 4. The zero-order valence-corrected chi connectivity index (χ0v) is 35.2. The lowest BCUT2D eigenvalue weighted by Gasteiger charge is -2.31. The van der Waals surface area contributed by atoms with Crippen LogP contribution in [0.5, 0.6) is 23.0 Å². The van der Waals surface area contributed by atoms with Crippen LogP contribution < -0.4 is 33.6 Å². The molecule has 0 unspecified atom stereocenters. The number of aryl methyl sites for hydroxylation is 2. The molecular weight excluding hydrogens is 757 g/mol. The topological polar surface area (TPSA) is 59.5 Å². The maximum absolute atomic E-state index is 5.49. The molecule has 304 valence electrons. The van der Waals surface area contributed by atoms with Crippen molar-refractivity contribution in [1.82, 2.24) is 4.98 Å². The first-order valence-corrected chi connectivity index (χ1v) is 20.1. The maximum atomic E-state index is 5.49. The second kappa shape index (κ2) is 18.1. The van der Waals surface area contributed by atoms with Crippen LogP contribution in [0, 0.1) is 13.8 Å². The van der Waals surface area contributed by atoms with Gasteiger partial charge in [-0.25, -0.2) is 0 Å². The highest BCUT2D eigenvalue weighted by atomic mass is 16.5. The van der Waals surface area contributed by atoms with Gasteiger partial charge >= 0.3 is 0 Å². The average molecular weight is 805 g/mol. The summed E-state index contributed by atoms with van der Waals surface area (Å²) in [5.41, 5.74) is 13.8. The Morgan fingerprint density at radius 3 is 0.902 bits per heavy atom. The molecule has 8 heteroatoms. The Morgan fingerprint density at radius 1 is 0.328 bits per heavy atom. The average Bonchev–Trinajstić information content (AvgIpc) is 3.32. The molecule has 0 amide bonds. The summed E-state index contributed by atoms with van der Waals surface area (Å²) in [6.45, 7) is 4.35. The number of benzene rings is 7. The molecule has 8 aromatic rings. The molecule has 0 bridgehead atoms. The van der Waals surface area contributed by atoms with Gasteiger partial charge in [-0.05, 0) is 206 Å². The van der Waals surface area contributed by atoms with Crippen LogP contribution in [0.15, 0.2) is 182 Å². The zero-order chi connectivity index (χ0) is 42.3. The summed E-state index contributed by atoms with van der Waals surface area (Å²) in [6, 6.07) is 58.6. The highest BCUT2D eigenvalue weighted by molar-refractivity contribution is 5.86. The standard InChI is InChI=1S/C53H48N4O4/c1-37-36-53(38(2)35-52(37)39-31-33-54-34-32-39)57(46-11-7-40(8-12-46)55(42-15-23-48(58-3)24-16-42)43-17-25-49(59-4)26-18-43)47-13-9-41(10-14-47)56(44-19-27-50(60-5)28-20-44)45-21-29-51(61-6)30-22-45/h7-36H,1-6H3. The molecule has 7 aromatic carbocycles. The minimum Gasteiger partial charge on any atom is -0.497 e. The van der Waals surface area contributed by atoms with Crippen molar-refractivity contribution in [3.63, 3.8) is 0 Å². The smallest absolute Gasteiger partial charge is 0.119 e. The number of pyridine rings is 1. The fourth-order valence-electron chi connectivity index (χ4n) is 7.63. The quantitative estimate of drug-likeness (QED) is 0.108. The molecule has 0 spiro atoms. The molecule has 1 aromatic heterocycles. The molecule has 0 aliphatic heterocycles. The van der Waals surface area contributed by atoms with Gasteiger partial charge in [0.2, 0.25) is 0 Å². The fraction of sp³-hybridized carbons (Fsp3) is 0.113. The summed E-state index contributed by atoms with van der Waals surface area (Å²) in [5.74, 6) is 3.19. The number of rotatable bonds is 14. The van der Waals surface area contributed by atoms with Gasteiger partial charge in [-0.1, -0.05) is 0 Å². The van der Waals surface area contributed by atoms with Crippen molar-refractivity contribution in [2.75, 3.05) is 43.1 Å².